The van der Waals surface area contributed by atoms with Crippen molar-refractivity contribution in [2.75, 3.05) is 10.6 Å². The summed E-state index contributed by atoms with van der Waals surface area (Å²) in [6, 6.07) is 17.0. The van der Waals surface area contributed by atoms with E-state index < -0.39 is 10.8 Å². The molecule has 4 aromatic rings. The Morgan fingerprint density at radius 3 is 2.80 bits per heavy atom. The van der Waals surface area contributed by atoms with Gasteiger partial charge in [-0.3, -0.25) is 25.0 Å². The largest absolute Gasteiger partial charge is 0.351 e. The SMILES string of the molecule is O=C1Nc2ccccc2/C1=C/c1ccc(C(=O)Nc2nnc(SCc3cccc([N+](=O)[O-])c3)[nH]2)[nH]1. The minimum atomic E-state index is -0.444. The topological polar surface area (TPSA) is 159 Å². The summed E-state index contributed by atoms with van der Waals surface area (Å²) in [5.41, 5.74) is 3.72. The molecule has 5 rings (SSSR count). The van der Waals surface area contributed by atoms with Crippen molar-refractivity contribution in [2.24, 2.45) is 0 Å². The summed E-state index contributed by atoms with van der Waals surface area (Å²) in [6.07, 6.45) is 1.69. The van der Waals surface area contributed by atoms with Crippen LogP contribution in [0.5, 0.6) is 0 Å². The standard InChI is InChI=1S/C23H17N7O4S/c31-20-17(16-6-1-2-7-18(16)25-20)11-14-8-9-19(24-14)21(32)26-22-27-23(29-28-22)35-12-13-4-3-5-15(10-13)30(33)34/h1-11,24H,12H2,(H,25,31)(H2,26,27,28,29,32)/b17-11-. The summed E-state index contributed by atoms with van der Waals surface area (Å²) < 4.78 is 0. The van der Waals surface area contributed by atoms with Gasteiger partial charge in [-0.15, -0.1) is 10.2 Å². The van der Waals surface area contributed by atoms with E-state index in [1.54, 1.807) is 30.3 Å². The monoisotopic (exact) mass is 487 g/mol. The molecule has 0 spiro atoms. The zero-order valence-electron chi connectivity index (χ0n) is 17.9. The molecule has 11 nitrogen and oxygen atoms in total. The Bertz CT molecular complexity index is 1490. The van der Waals surface area contributed by atoms with Crippen molar-refractivity contribution in [1.29, 1.82) is 0 Å². The van der Waals surface area contributed by atoms with Crippen LogP contribution in [0.15, 0.2) is 65.8 Å². The lowest BCUT2D eigenvalue weighted by Gasteiger charge is -2.00. The molecule has 2 amide bonds. The number of aromatic amines is 2. The first-order valence-corrected chi connectivity index (χ1v) is 11.4. The highest BCUT2D eigenvalue weighted by Crippen LogP contribution is 2.32. The smallest absolute Gasteiger partial charge is 0.274 e. The van der Waals surface area contributed by atoms with E-state index in [1.165, 1.54) is 23.9 Å². The third-order valence-corrected chi connectivity index (χ3v) is 6.09. The van der Waals surface area contributed by atoms with Crippen molar-refractivity contribution in [3.05, 3.63) is 93.3 Å². The highest BCUT2D eigenvalue weighted by Gasteiger charge is 2.23. The summed E-state index contributed by atoms with van der Waals surface area (Å²) in [6.45, 7) is 0. The van der Waals surface area contributed by atoms with Gasteiger partial charge in [0.25, 0.3) is 17.5 Å². The fourth-order valence-corrected chi connectivity index (χ4v) is 4.27. The Morgan fingerprint density at radius 1 is 1.09 bits per heavy atom. The van der Waals surface area contributed by atoms with Gasteiger partial charge >= 0.3 is 0 Å². The van der Waals surface area contributed by atoms with E-state index in [9.17, 15) is 19.7 Å². The van der Waals surface area contributed by atoms with E-state index >= 15 is 0 Å². The fourth-order valence-electron chi connectivity index (χ4n) is 3.52. The summed E-state index contributed by atoms with van der Waals surface area (Å²) >= 11 is 1.30. The number of carbonyl (C=O) groups excluding carboxylic acids is 2. The number of nitrogens with zero attached hydrogens (tertiary/aromatic N) is 3. The molecule has 0 bridgehead atoms. The minimum Gasteiger partial charge on any atom is -0.351 e. The molecule has 0 saturated heterocycles. The molecular weight excluding hydrogens is 470 g/mol. The number of nitro groups is 1. The van der Waals surface area contributed by atoms with Gasteiger partial charge in [-0.1, -0.05) is 42.1 Å². The predicted molar refractivity (Wildman–Crippen MR) is 131 cm³/mol. The first kappa shape index (κ1) is 22.1. The van der Waals surface area contributed by atoms with Crippen LogP contribution < -0.4 is 10.6 Å². The number of carbonyl (C=O) groups is 2. The van der Waals surface area contributed by atoms with Crippen molar-refractivity contribution in [2.45, 2.75) is 10.9 Å². The van der Waals surface area contributed by atoms with Gasteiger partial charge in [0.15, 0.2) is 5.16 Å². The Labute approximate surface area is 202 Å². The minimum absolute atomic E-state index is 0.0207. The number of anilines is 2. The molecule has 1 aliphatic rings. The average Bonchev–Trinajstić information content (AvgIpc) is 3.58. The number of amides is 2. The Balaban J connectivity index is 1.22. The van der Waals surface area contributed by atoms with Gasteiger partial charge < -0.3 is 15.3 Å². The van der Waals surface area contributed by atoms with Crippen LogP contribution in [0.4, 0.5) is 17.3 Å². The van der Waals surface area contributed by atoms with Crippen LogP contribution in [0.25, 0.3) is 11.6 Å². The van der Waals surface area contributed by atoms with Gasteiger partial charge in [-0.2, -0.15) is 0 Å². The molecule has 35 heavy (non-hydrogen) atoms. The molecule has 0 fully saturated rings. The number of non-ortho nitro benzene ring substituents is 1. The number of nitrogens with one attached hydrogen (secondary N) is 4. The van der Waals surface area contributed by atoms with E-state index in [4.69, 9.17) is 0 Å². The summed E-state index contributed by atoms with van der Waals surface area (Å²) in [5, 5.41) is 24.7. The number of benzene rings is 2. The van der Waals surface area contributed by atoms with Crippen LogP contribution in [0.2, 0.25) is 0 Å². The molecule has 2 aromatic heterocycles. The second kappa shape index (κ2) is 9.27. The molecule has 3 heterocycles. The second-order valence-electron chi connectivity index (χ2n) is 7.53. The van der Waals surface area contributed by atoms with E-state index in [0.717, 1.165) is 16.8 Å². The predicted octanol–water partition coefficient (Wildman–Crippen LogP) is 4.08. The van der Waals surface area contributed by atoms with Crippen molar-refractivity contribution in [1.82, 2.24) is 20.2 Å². The maximum absolute atomic E-state index is 12.6. The Kier molecular flexibility index (Phi) is 5.85. The van der Waals surface area contributed by atoms with Crippen LogP contribution in [0, 0.1) is 10.1 Å². The molecule has 174 valence electrons. The summed E-state index contributed by atoms with van der Waals surface area (Å²) in [4.78, 5) is 41.3. The zero-order chi connectivity index (χ0) is 24.4. The van der Waals surface area contributed by atoms with Crippen molar-refractivity contribution < 1.29 is 14.5 Å². The number of H-pyrrole nitrogens is 2. The summed E-state index contributed by atoms with van der Waals surface area (Å²) in [7, 11) is 0. The van der Waals surface area contributed by atoms with E-state index in [2.05, 4.69) is 30.8 Å². The number of hydrogen-bond donors (Lipinski definition) is 4. The molecule has 1 aliphatic heterocycles. The molecular formula is C23H17N7O4S. The van der Waals surface area contributed by atoms with Crippen LogP contribution in [0.3, 0.4) is 0 Å². The van der Waals surface area contributed by atoms with Crippen LogP contribution >= 0.6 is 11.8 Å². The lowest BCUT2D eigenvalue weighted by atomic mass is 10.1. The Hall–Kier alpha value is -4.71. The van der Waals surface area contributed by atoms with Gasteiger partial charge in [0.1, 0.15) is 5.69 Å². The normalized spacial score (nSPS) is 13.5. The molecule has 0 unspecified atom stereocenters. The van der Waals surface area contributed by atoms with Crippen molar-refractivity contribution in [3.8, 4) is 0 Å². The van der Waals surface area contributed by atoms with Gasteiger partial charge in [-0.05, 0) is 29.8 Å². The quantitative estimate of drug-likeness (QED) is 0.132. The molecule has 4 N–H and O–H groups in total. The maximum Gasteiger partial charge on any atom is 0.274 e. The summed E-state index contributed by atoms with van der Waals surface area (Å²) in [5.74, 6) is -0.0358. The first-order valence-electron chi connectivity index (χ1n) is 10.4. The first-order chi connectivity index (χ1) is 17.0. The molecule has 0 radical (unpaired) electrons. The lowest BCUT2D eigenvalue weighted by Crippen LogP contribution is -2.13. The Morgan fingerprint density at radius 2 is 1.94 bits per heavy atom. The molecule has 0 aliphatic carbocycles. The van der Waals surface area contributed by atoms with Gasteiger partial charge in [-0.25, -0.2) is 0 Å². The fraction of sp³-hybridized carbons (Fsp3) is 0.0435. The van der Waals surface area contributed by atoms with E-state index in [-0.39, 0.29) is 23.2 Å². The third-order valence-electron chi connectivity index (χ3n) is 5.16. The van der Waals surface area contributed by atoms with Crippen LogP contribution in [0.1, 0.15) is 27.3 Å². The third kappa shape index (κ3) is 4.82. The number of para-hydroxylation sites is 1. The highest BCUT2D eigenvalue weighted by atomic mass is 32.2. The molecule has 0 saturated carbocycles. The van der Waals surface area contributed by atoms with Crippen LogP contribution in [-0.4, -0.2) is 36.9 Å². The van der Waals surface area contributed by atoms with Gasteiger partial charge in [0.2, 0.25) is 5.95 Å². The number of rotatable bonds is 7. The molecule has 0 atom stereocenters. The number of aromatic nitrogens is 4. The number of fused-ring (bicyclic) bond motifs is 1. The van der Waals surface area contributed by atoms with Crippen LogP contribution in [-0.2, 0) is 10.5 Å². The average molecular weight is 488 g/mol. The maximum atomic E-state index is 12.6. The van der Waals surface area contributed by atoms with Crippen molar-refractivity contribution in [3.63, 3.8) is 0 Å². The number of nitro benzene ring substituents is 1. The van der Waals surface area contributed by atoms with Crippen molar-refractivity contribution >= 4 is 52.5 Å². The second-order valence-corrected chi connectivity index (χ2v) is 8.50. The lowest BCUT2D eigenvalue weighted by molar-refractivity contribution is -0.384. The highest BCUT2D eigenvalue weighted by molar-refractivity contribution is 7.98. The van der Waals surface area contributed by atoms with E-state index in [1.807, 2.05) is 24.3 Å². The number of hydrogen-bond acceptors (Lipinski definition) is 7. The number of thioether (sulfide) groups is 1. The molecule has 12 heteroatoms. The van der Waals surface area contributed by atoms with Gasteiger partial charge in [0.05, 0.1) is 10.5 Å². The zero-order valence-corrected chi connectivity index (χ0v) is 18.8. The van der Waals surface area contributed by atoms with Gasteiger partial charge in [0, 0.05) is 34.8 Å². The van der Waals surface area contributed by atoms with E-state index in [0.29, 0.717) is 22.2 Å². The molecule has 2 aromatic carbocycles.